The van der Waals surface area contributed by atoms with E-state index in [9.17, 15) is 14.4 Å². The molecule has 1 saturated carbocycles. The number of nitrogens with one attached hydrogen (secondary N) is 2. The number of nitrogens with zero attached hydrogens (tertiary/aromatic N) is 3. The van der Waals surface area contributed by atoms with Crippen LogP contribution in [0.5, 0.6) is 0 Å². The molecule has 3 aliphatic rings. The predicted octanol–water partition coefficient (Wildman–Crippen LogP) is 4.32. The molecule has 4 amide bonds. The van der Waals surface area contributed by atoms with Gasteiger partial charge in [0, 0.05) is 62.2 Å². The Morgan fingerprint density at radius 3 is 2.08 bits per heavy atom. The lowest BCUT2D eigenvalue weighted by molar-refractivity contribution is -0.117. The lowest BCUT2D eigenvalue weighted by Gasteiger charge is -2.37. The lowest BCUT2D eigenvalue weighted by atomic mass is 10.1. The third-order valence-electron chi connectivity index (χ3n) is 7.30. The maximum Gasteiger partial charge on any atom is 0.321 e. The molecule has 0 bridgehead atoms. The van der Waals surface area contributed by atoms with Gasteiger partial charge in [-0.3, -0.25) is 9.59 Å². The fourth-order valence-electron chi connectivity index (χ4n) is 4.91. The number of piperazine rings is 1. The Bertz CT molecular complexity index is 1110. The Morgan fingerprint density at radius 2 is 1.42 bits per heavy atom. The highest BCUT2D eigenvalue weighted by atomic mass is 16.2. The molecule has 3 fully saturated rings. The van der Waals surface area contributed by atoms with Gasteiger partial charge < -0.3 is 25.3 Å². The average molecular weight is 490 g/mol. The third kappa shape index (κ3) is 5.64. The Balaban J connectivity index is 1.29. The van der Waals surface area contributed by atoms with E-state index in [0.717, 1.165) is 62.1 Å². The molecule has 2 aliphatic heterocycles. The zero-order valence-electron chi connectivity index (χ0n) is 21.0. The van der Waals surface area contributed by atoms with Crippen molar-refractivity contribution in [2.45, 2.75) is 39.0 Å². The lowest BCUT2D eigenvalue weighted by Crippen LogP contribution is -2.50. The van der Waals surface area contributed by atoms with Gasteiger partial charge in [-0.1, -0.05) is 17.7 Å². The second-order valence-corrected chi connectivity index (χ2v) is 10.1. The molecule has 8 nitrogen and oxygen atoms in total. The topological polar surface area (TPSA) is 85.0 Å². The molecule has 2 aromatic rings. The van der Waals surface area contributed by atoms with E-state index in [0.29, 0.717) is 37.4 Å². The van der Waals surface area contributed by atoms with E-state index in [1.807, 2.05) is 59.2 Å². The van der Waals surface area contributed by atoms with Gasteiger partial charge in [-0.15, -0.1) is 0 Å². The van der Waals surface area contributed by atoms with Crippen molar-refractivity contribution >= 4 is 34.9 Å². The minimum absolute atomic E-state index is 0.0202. The van der Waals surface area contributed by atoms with Crippen molar-refractivity contribution in [2.75, 3.05) is 54.8 Å². The first-order valence-corrected chi connectivity index (χ1v) is 13.1. The maximum atomic E-state index is 13.6. The molecular formula is C28H35N5O3. The Morgan fingerprint density at radius 1 is 0.750 bits per heavy atom. The van der Waals surface area contributed by atoms with Crippen LogP contribution in [0.4, 0.5) is 21.9 Å². The van der Waals surface area contributed by atoms with Crippen LogP contribution in [0.15, 0.2) is 42.5 Å². The van der Waals surface area contributed by atoms with Crippen molar-refractivity contribution in [1.29, 1.82) is 0 Å². The van der Waals surface area contributed by atoms with Gasteiger partial charge in [-0.2, -0.15) is 0 Å². The van der Waals surface area contributed by atoms with Crippen molar-refractivity contribution in [2.24, 2.45) is 5.92 Å². The molecule has 1 aliphatic carbocycles. The summed E-state index contributed by atoms with van der Waals surface area (Å²) in [5, 5.41) is 5.96. The first-order valence-electron chi connectivity index (χ1n) is 13.1. The van der Waals surface area contributed by atoms with Crippen LogP contribution in [0.1, 0.15) is 48.0 Å². The Hall–Kier alpha value is -3.55. The highest BCUT2D eigenvalue weighted by Gasteiger charge is 2.31. The number of likely N-dealkylation sites (tertiary alicyclic amines) is 1. The molecule has 5 rings (SSSR count). The summed E-state index contributed by atoms with van der Waals surface area (Å²) in [5.74, 6) is 0.157. The molecule has 2 saturated heterocycles. The quantitative estimate of drug-likeness (QED) is 0.655. The molecule has 2 N–H and O–H groups in total. The molecule has 190 valence electrons. The first-order chi connectivity index (χ1) is 17.5. The molecule has 2 heterocycles. The number of hydrogen-bond acceptors (Lipinski definition) is 4. The Kier molecular flexibility index (Phi) is 7.11. The minimum atomic E-state index is -0.110. The van der Waals surface area contributed by atoms with Crippen LogP contribution in [0.25, 0.3) is 0 Å². The van der Waals surface area contributed by atoms with E-state index in [1.54, 1.807) is 0 Å². The van der Waals surface area contributed by atoms with E-state index >= 15 is 0 Å². The molecular weight excluding hydrogens is 454 g/mol. The van der Waals surface area contributed by atoms with Gasteiger partial charge in [0.1, 0.15) is 0 Å². The van der Waals surface area contributed by atoms with Crippen molar-refractivity contribution < 1.29 is 14.4 Å². The second-order valence-electron chi connectivity index (χ2n) is 10.1. The minimum Gasteiger partial charge on any atom is -0.367 e. The molecule has 0 radical (unpaired) electrons. The molecule has 36 heavy (non-hydrogen) atoms. The van der Waals surface area contributed by atoms with Crippen molar-refractivity contribution in [3.05, 3.63) is 53.6 Å². The number of hydrogen-bond donors (Lipinski definition) is 2. The average Bonchev–Trinajstić information content (AvgIpc) is 3.76. The smallest absolute Gasteiger partial charge is 0.321 e. The van der Waals surface area contributed by atoms with E-state index in [-0.39, 0.29) is 23.8 Å². The van der Waals surface area contributed by atoms with Gasteiger partial charge in [0.15, 0.2) is 0 Å². The molecule has 8 heteroatoms. The van der Waals surface area contributed by atoms with Crippen LogP contribution in [0, 0.1) is 12.8 Å². The Labute approximate surface area is 212 Å². The summed E-state index contributed by atoms with van der Waals surface area (Å²) in [6, 6.07) is 13.3. The number of anilines is 3. The number of carbonyl (C=O) groups excluding carboxylic acids is 3. The van der Waals surface area contributed by atoms with Gasteiger partial charge in [-0.25, -0.2) is 4.79 Å². The monoisotopic (exact) mass is 489 g/mol. The van der Waals surface area contributed by atoms with E-state index in [2.05, 4.69) is 15.5 Å². The fraction of sp³-hybridized carbons (Fsp3) is 0.464. The summed E-state index contributed by atoms with van der Waals surface area (Å²) >= 11 is 0. The number of carbonyl (C=O) groups is 3. The standard InChI is InChI=1S/C28H35N5O3/c1-20-5-9-22(10-6-20)30-28(36)33-17-15-31(16-18-33)25-12-11-23(29-26(34)21-7-8-21)19-24(25)27(35)32-13-3-2-4-14-32/h5-6,9-12,19,21H,2-4,7-8,13-18H2,1H3,(H,29,34)(H,30,36). The number of benzene rings is 2. The van der Waals surface area contributed by atoms with Crippen LogP contribution in [-0.4, -0.2) is 66.9 Å². The number of aryl methyl sites for hydroxylation is 1. The zero-order valence-corrected chi connectivity index (χ0v) is 21.0. The van der Waals surface area contributed by atoms with Crippen molar-refractivity contribution in [1.82, 2.24) is 9.80 Å². The van der Waals surface area contributed by atoms with Gasteiger partial charge in [-0.05, 0) is 69.4 Å². The van der Waals surface area contributed by atoms with Crippen molar-refractivity contribution in [3.8, 4) is 0 Å². The molecule has 0 atom stereocenters. The van der Waals surface area contributed by atoms with E-state index < -0.39 is 0 Å². The summed E-state index contributed by atoms with van der Waals surface area (Å²) in [6.45, 7) is 5.95. The van der Waals surface area contributed by atoms with Crippen molar-refractivity contribution in [3.63, 3.8) is 0 Å². The number of urea groups is 1. The molecule has 0 aromatic heterocycles. The van der Waals surface area contributed by atoms with Gasteiger partial charge in [0.25, 0.3) is 5.91 Å². The van der Waals surface area contributed by atoms with Gasteiger partial charge >= 0.3 is 6.03 Å². The largest absolute Gasteiger partial charge is 0.367 e. The van der Waals surface area contributed by atoms with E-state index in [4.69, 9.17) is 0 Å². The summed E-state index contributed by atoms with van der Waals surface area (Å²) < 4.78 is 0. The highest BCUT2D eigenvalue weighted by molar-refractivity contribution is 6.02. The van der Waals surface area contributed by atoms with Crippen LogP contribution < -0.4 is 15.5 Å². The van der Waals surface area contributed by atoms with E-state index in [1.165, 1.54) is 0 Å². The van der Waals surface area contributed by atoms with Crippen LogP contribution >= 0.6 is 0 Å². The SMILES string of the molecule is Cc1ccc(NC(=O)N2CCN(c3ccc(NC(=O)C4CC4)cc3C(=O)N3CCCCC3)CC2)cc1. The highest BCUT2D eigenvalue weighted by Crippen LogP contribution is 2.32. The van der Waals surface area contributed by atoms with Crippen LogP contribution in [-0.2, 0) is 4.79 Å². The molecule has 0 spiro atoms. The predicted molar refractivity (Wildman–Crippen MR) is 142 cm³/mol. The zero-order chi connectivity index (χ0) is 25.1. The maximum absolute atomic E-state index is 13.6. The second kappa shape index (κ2) is 10.6. The molecule has 0 unspecified atom stereocenters. The fourth-order valence-corrected chi connectivity index (χ4v) is 4.91. The summed E-state index contributed by atoms with van der Waals surface area (Å²) in [4.78, 5) is 44.6. The van der Waals surface area contributed by atoms with Crippen LogP contribution in [0.2, 0.25) is 0 Å². The van der Waals surface area contributed by atoms with Gasteiger partial charge in [0.2, 0.25) is 5.91 Å². The third-order valence-corrected chi connectivity index (χ3v) is 7.30. The van der Waals surface area contributed by atoms with Gasteiger partial charge in [0.05, 0.1) is 5.56 Å². The number of rotatable bonds is 5. The summed E-state index contributed by atoms with van der Waals surface area (Å²) in [5.41, 5.74) is 4.10. The molecule has 2 aromatic carbocycles. The summed E-state index contributed by atoms with van der Waals surface area (Å²) in [7, 11) is 0. The first kappa shape index (κ1) is 24.2. The number of amides is 4. The number of piperidine rings is 1. The normalized spacial score (nSPS) is 18.1. The summed E-state index contributed by atoms with van der Waals surface area (Å²) in [6.07, 6.45) is 5.07. The van der Waals surface area contributed by atoms with Crippen LogP contribution in [0.3, 0.4) is 0 Å².